The van der Waals surface area contributed by atoms with Gasteiger partial charge in [-0.15, -0.1) is 24.0 Å². The van der Waals surface area contributed by atoms with E-state index in [1.54, 1.807) is 12.1 Å². The first-order valence-electron chi connectivity index (χ1n) is 10.3. The minimum Gasteiger partial charge on any atom is -0.466 e. The van der Waals surface area contributed by atoms with Gasteiger partial charge in [0.05, 0.1) is 25.6 Å². The lowest BCUT2D eigenvalue weighted by molar-refractivity contribution is -0.149. The van der Waals surface area contributed by atoms with E-state index in [2.05, 4.69) is 15.5 Å². The van der Waals surface area contributed by atoms with Crippen LogP contribution >= 0.6 is 24.0 Å². The SMILES string of the molecule is CCNC(=NCc1ccc(C(=O)NCC(N)=O)cc1)N1CCCC(C(=O)OCC)C1.I. The van der Waals surface area contributed by atoms with E-state index in [0.29, 0.717) is 25.3 Å². The number of likely N-dealkylation sites (tertiary alicyclic amines) is 1. The van der Waals surface area contributed by atoms with Crippen LogP contribution in [-0.4, -0.2) is 61.4 Å². The van der Waals surface area contributed by atoms with Crippen LogP contribution in [0, 0.1) is 5.92 Å². The van der Waals surface area contributed by atoms with E-state index in [1.807, 2.05) is 26.0 Å². The van der Waals surface area contributed by atoms with E-state index >= 15 is 0 Å². The van der Waals surface area contributed by atoms with Crippen LogP contribution in [0.15, 0.2) is 29.3 Å². The monoisotopic (exact) mass is 545 g/mol. The Bertz CT molecular complexity index is 770. The molecule has 0 spiro atoms. The maximum absolute atomic E-state index is 12.1. The fourth-order valence-corrected chi connectivity index (χ4v) is 3.24. The zero-order chi connectivity index (χ0) is 21.9. The number of hydrogen-bond donors (Lipinski definition) is 3. The Kier molecular flexibility index (Phi) is 11.9. The van der Waals surface area contributed by atoms with Crippen molar-refractivity contribution in [1.29, 1.82) is 0 Å². The number of carbonyl (C=O) groups excluding carboxylic acids is 3. The van der Waals surface area contributed by atoms with Crippen molar-refractivity contribution in [3.63, 3.8) is 0 Å². The predicted molar refractivity (Wildman–Crippen MR) is 129 cm³/mol. The van der Waals surface area contributed by atoms with Gasteiger partial charge in [-0.3, -0.25) is 14.4 Å². The quantitative estimate of drug-likeness (QED) is 0.196. The topological polar surface area (TPSA) is 126 Å². The van der Waals surface area contributed by atoms with Crippen molar-refractivity contribution in [3.05, 3.63) is 35.4 Å². The second-order valence-corrected chi connectivity index (χ2v) is 7.05. The highest BCUT2D eigenvalue weighted by atomic mass is 127. The Morgan fingerprint density at radius 1 is 1.19 bits per heavy atom. The molecule has 1 atom stereocenters. The largest absolute Gasteiger partial charge is 0.466 e. The molecule has 1 aromatic rings. The number of piperidine rings is 1. The third-order valence-electron chi connectivity index (χ3n) is 4.73. The van der Waals surface area contributed by atoms with E-state index in [9.17, 15) is 14.4 Å². The van der Waals surface area contributed by atoms with Gasteiger partial charge in [0.15, 0.2) is 5.96 Å². The Balaban J connectivity index is 0.00000480. The maximum atomic E-state index is 12.1. The van der Waals surface area contributed by atoms with Crippen molar-refractivity contribution < 1.29 is 19.1 Å². The molecule has 4 N–H and O–H groups in total. The van der Waals surface area contributed by atoms with Crippen LogP contribution in [0.2, 0.25) is 0 Å². The van der Waals surface area contributed by atoms with Gasteiger partial charge >= 0.3 is 5.97 Å². The van der Waals surface area contributed by atoms with Crippen LogP contribution in [-0.2, 0) is 20.9 Å². The minimum atomic E-state index is -0.590. The van der Waals surface area contributed by atoms with Gasteiger partial charge in [-0.25, -0.2) is 4.99 Å². The van der Waals surface area contributed by atoms with Crippen molar-refractivity contribution in [2.45, 2.75) is 33.2 Å². The zero-order valence-electron chi connectivity index (χ0n) is 18.1. The van der Waals surface area contributed by atoms with Crippen LogP contribution in [0.4, 0.5) is 0 Å². The van der Waals surface area contributed by atoms with Gasteiger partial charge in [0.2, 0.25) is 5.91 Å². The van der Waals surface area contributed by atoms with Crippen LogP contribution in [0.1, 0.15) is 42.6 Å². The molecule has 31 heavy (non-hydrogen) atoms. The van der Waals surface area contributed by atoms with E-state index in [0.717, 1.165) is 37.5 Å². The average Bonchev–Trinajstić information content (AvgIpc) is 2.75. The highest BCUT2D eigenvalue weighted by Gasteiger charge is 2.28. The van der Waals surface area contributed by atoms with Crippen LogP contribution in [0.25, 0.3) is 0 Å². The summed E-state index contributed by atoms with van der Waals surface area (Å²) in [6.07, 6.45) is 1.73. The molecular weight excluding hydrogens is 513 g/mol. The number of benzene rings is 1. The summed E-state index contributed by atoms with van der Waals surface area (Å²) < 4.78 is 5.18. The number of carbonyl (C=O) groups is 3. The third-order valence-corrected chi connectivity index (χ3v) is 4.73. The van der Waals surface area contributed by atoms with Gasteiger partial charge in [-0.1, -0.05) is 12.1 Å². The molecule has 172 valence electrons. The highest BCUT2D eigenvalue weighted by molar-refractivity contribution is 14.0. The molecule has 1 unspecified atom stereocenters. The Labute approximate surface area is 200 Å². The van der Waals surface area contributed by atoms with Gasteiger partial charge < -0.3 is 26.0 Å². The number of guanidine groups is 1. The summed E-state index contributed by atoms with van der Waals surface area (Å²) in [5, 5.41) is 5.74. The smallest absolute Gasteiger partial charge is 0.310 e. The molecule has 10 heteroatoms. The summed E-state index contributed by atoms with van der Waals surface area (Å²) in [4.78, 5) is 41.6. The third kappa shape index (κ3) is 8.72. The van der Waals surface area contributed by atoms with Crippen molar-refractivity contribution in [3.8, 4) is 0 Å². The lowest BCUT2D eigenvalue weighted by Gasteiger charge is -2.34. The molecule has 0 saturated carbocycles. The lowest BCUT2D eigenvalue weighted by atomic mass is 9.98. The second kappa shape index (κ2) is 13.8. The van der Waals surface area contributed by atoms with Crippen LogP contribution in [0.5, 0.6) is 0 Å². The molecule has 0 aliphatic carbocycles. The molecule has 1 aromatic carbocycles. The van der Waals surface area contributed by atoms with Gasteiger partial charge in [-0.05, 0) is 44.4 Å². The molecule has 0 aromatic heterocycles. The number of amides is 2. The highest BCUT2D eigenvalue weighted by Crippen LogP contribution is 2.18. The Morgan fingerprint density at radius 3 is 2.52 bits per heavy atom. The summed E-state index contributed by atoms with van der Waals surface area (Å²) in [5.41, 5.74) is 6.42. The van der Waals surface area contributed by atoms with Crippen LogP contribution < -0.4 is 16.4 Å². The lowest BCUT2D eigenvalue weighted by Crippen LogP contribution is -2.48. The number of esters is 1. The number of nitrogens with zero attached hydrogens (tertiary/aromatic N) is 2. The number of nitrogens with two attached hydrogens (primary N) is 1. The van der Waals surface area contributed by atoms with Gasteiger partial charge in [0, 0.05) is 25.2 Å². The van der Waals surface area contributed by atoms with Crippen molar-refractivity contribution in [2.75, 3.05) is 32.8 Å². The van der Waals surface area contributed by atoms with E-state index in [4.69, 9.17) is 15.5 Å². The first-order valence-corrected chi connectivity index (χ1v) is 10.3. The number of rotatable bonds is 8. The number of aliphatic imine (C=N–C) groups is 1. The first-order chi connectivity index (χ1) is 14.4. The van der Waals surface area contributed by atoms with Gasteiger partial charge in [-0.2, -0.15) is 0 Å². The number of primary amides is 1. The molecule has 0 bridgehead atoms. The fourth-order valence-electron chi connectivity index (χ4n) is 3.24. The average molecular weight is 545 g/mol. The second-order valence-electron chi connectivity index (χ2n) is 7.05. The van der Waals surface area contributed by atoms with E-state index < -0.39 is 5.91 Å². The summed E-state index contributed by atoms with van der Waals surface area (Å²) in [6, 6.07) is 7.02. The molecule has 0 radical (unpaired) electrons. The first kappa shape index (κ1) is 26.7. The van der Waals surface area contributed by atoms with E-state index in [1.165, 1.54) is 0 Å². The van der Waals surface area contributed by atoms with Gasteiger partial charge in [0.25, 0.3) is 5.91 Å². The molecular formula is C21H32IN5O4. The molecule has 1 aliphatic heterocycles. The Morgan fingerprint density at radius 2 is 1.90 bits per heavy atom. The molecule has 1 aliphatic rings. The summed E-state index contributed by atoms with van der Waals surface area (Å²) in [6.45, 7) is 6.59. The summed E-state index contributed by atoms with van der Waals surface area (Å²) in [5.74, 6) is -0.470. The molecule has 9 nitrogen and oxygen atoms in total. The Hall–Kier alpha value is -2.37. The van der Waals surface area contributed by atoms with Crippen molar-refractivity contribution >= 4 is 47.7 Å². The summed E-state index contributed by atoms with van der Waals surface area (Å²) >= 11 is 0. The van der Waals surface area contributed by atoms with Crippen LogP contribution in [0.3, 0.4) is 0 Å². The predicted octanol–water partition coefficient (Wildman–Crippen LogP) is 1.26. The molecule has 2 amide bonds. The van der Waals surface area contributed by atoms with Gasteiger partial charge in [0.1, 0.15) is 0 Å². The normalized spacial score (nSPS) is 16.1. The molecule has 1 heterocycles. The van der Waals surface area contributed by atoms with Crippen molar-refractivity contribution in [1.82, 2.24) is 15.5 Å². The fraction of sp³-hybridized carbons (Fsp3) is 0.524. The number of nitrogens with one attached hydrogen (secondary N) is 2. The minimum absolute atomic E-state index is 0. The number of hydrogen-bond acceptors (Lipinski definition) is 5. The molecule has 1 saturated heterocycles. The molecule has 2 rings (SSSR count). The molecule has 1 fully saturated rings. The van der Waals surface area contributed by atoms with Crippen molar-refractivity contribution in [2.24, 2.45) is 16.6 Å². The maximum Gasteiger partial charge on any atom is 0.310 e. The number of halogens is 1. The summed E-state index contributed by atoms with van der Waals surface area (Å²) in [7, 11) is 0. The zero-order valence-corrected chi connectivity index (χ0v) is 20.4. The number of ether oxygens (including phenoxy) is 1. The van der Waals surface area contributed by atoms with E-state index in [-0.39, 0.29) is 48.3 Å². The standard InChI is InChI=1S/C21H31N5O4.HI/c1-3-23-21(26-11-5-6-17(14-26)20(29)30-4-2)25-12-15-7-9-16(10-8-15)19(28)24-13-18(22)27;/h7-10,17H,3-6,11-14H2,1-2H3,(H2,22,27)(H,23,25)(H,24,28);1H.